The number of nitrogens with one attached hydrogen (secondary N) is 1. The fourth-order valence-corrected chi connectivity index (χ4v) is 3.08. The summed E-state index contributed by atoms with van der Waals surface area (Å²) in [7, 11) is 0. The zero-order valence-corrected chi connectivity index (χ0v) is 15.9. The Balaban J connectivity index is 1.80. The number of Topliss-reactive ketones (excluding diaryl/α,β-unsaturated/α-hetero) is 1. The molecule has 0 saturated carbocycles. The molecule has 0 atom stereocenters. The second-order valence-corrected chi connectivity index (χ2v) is 7.43. The number of hydrogen-bond donors (Lipinski definition) is 1. The Labute approximate surface area is 150 Å². The number of carbonyl (C=O) groups excluding carboxylic acids is 2. The van der Waals surface area contributed by atoms with E-state index in [1.165, 1.54) is 0 Å². The molecule has 1 aromatic rings. The number of aryl methyl sites for hydroxylation is 2. The van der Waals surface area contributed by atoms with Crippen LogP contribution < -0.4 is 5.32 Å². The zero-order chi connectivity index (χ0) is 18.4. The van der Waals surface area contributed by atoms with Gasteiger partial charge in [-0.15, -0.1) is 0 Å². The quantitative estimate of drug-likeness (QED) is 0.771. The highest BCUT2D eigenvalue weighted by atomic mass is 16.5. The van der Waals surface area contributed by atoms with E-state index >= 15 is 0 Å². The van der Waals surface area contributed by atoms with Crippen molar-refractivity contribution in [2.45, 2.75) is 46.1 Å². The Bertz CT molecular complexity index is 619. The van der Waals surface area contributed by atoms with Crippen LogP contribution in [0.5, 0.6) is 0 Å². The van der Waals surface area contributed by atoms with Crippen LogP contribution in [0.3, 0.4) is 0 Å². The van der Waals surface area contributed by atoms with Crippen LogP contribution in [0.1, 0.15) is 48.2 Å². The van der Waals surface area contributed by atoms with E-state index in [4.69, 9.17) is 4.74 Å². The highest BCUT2D eigenvalue weighted by Crippen LogP contribution is 2.16. The summed E-state index contributed by atoms with van der Waals surface area (Å²) in [6, 6.07) is 5.84. The number of nitrogens with zero attached hydrogens (tertiary/aromatic N) is 1. The first kappa shape index (κ1) is 19.6. The summed E-state index contributed by atoms with van der Waals surface area (Å²) in [5.74, 6) is -0.0382. The van der Waals surface area contributed by atoms with E-state index in [-0.39, 0.29) is 30.1 Å². The van der Waals surface area contributed by atoms with Gasteiger partial charge < -0.3 is 10.1 Å². The second-order valence-electron chi connectivity index (χ2n) is 7.43. The Morgan fingerprint density at radius 2 is 1.84 bits per heavy atom. The average molecular weight is 346 g/mol. The molecule has 0 unspecified atom stereocenters. The minimum atomic E-state index is -0.115. The summed E-state index contributed by atoms with van der Waals surface area (Å²) in [6.45, 7) is 12.0. The van der Waals surface area contributed by atoms with Gasteiger partial charge in [-0.05, 0) is 39.3 Å². The number of ether oxygens (including phenoxy) is 1. The van der Waals surface area contributed by atoms with Crippen molar-refractivity contribution >= 4 is 11.7 Å². The summed E-state index contributed by atoms with van der Waals surface area (Å²) in [5, 5.41) is 2.98. The summed E-state index contributed by atoms with van der Waals surface area (Å²) in [6.07, 6.45) is 0.472. The van der Waals surface area contributed by atoms with Crippen molar-refractivity contribution in [2.24, 2.45) is 0 Å². The minimum absolute atomic E-state index is 0.0313. The molecule has 25 heavy (non-hydrogen) atoms. The van der Waals surface area contributed by atoms with Gasteiger partial charge in [0.1, 0.15) is 0 Å². The standard InChI is InChI=1S/C20H30N2O3/c1-15-5-6-16(2)17(13-15)18(23)7-8-19(24)21-14-20(3,4)22-9-11-25-12-10-22/h5-6,13H,7-12,14H2,1-4H3,(H,21,24). The molecule has 0 aromatic heterocycles. The van der Waals surface area contributed by atoms with Gasteiger partial charge >= 0.3 is 0 Å². The van der Waals surface area contributed by atoms with Crippen molar-refractivity contribution in [1.82, 2.24) is 10.2 Å². The van der Waals surface area contributed by atoms with Gasteiger partial charge in [0.2, 0.25) is 5.91 Å². The van der Waals surface area contributed by atoms with E-state index < -0.39 is 0 Å². The van der Waals surface area contributed by atoms with Gasteiger partial charge in [0.25, 0.3) is 0 Å². The molecule has 2 rings (SSSR count). The smallest absolute Gasteiger partial charge is 0.220 e. The van der Waals surface area contributed by atoms with Crippen molar-refractivity contribution in [3.05, 3.63) is 34.9 Å². The first-order valence-corrected chi connectivity index (χ1v) is 8.99. The first-order valence-electron chi connectivity index (χ1n) is 8.99. The predicted octanol–water partition coefficient (Wildman–Crippen LogP) is 2.49. The van der Waals surface area contributed by atoms with Crippen molar-refractivity contribution < 1.29 is 14.3 Å². The molecule has 0 radical (unpaired) electrons. The van der Waals surface area contributed by atoms with Crippen LogP contribution in [-0.4, -0.2) is 55.0 Å². The number of amides is 1. The first-order chi connectivity index (χ1) is 11.8. The molecule has 1 N–H and O–H groups in total. The summed E-state index contributed by atoms with van der Waals surface area (Å²) in [5.41, 5.74) is 2.63. The molecule has 5 heteroatoms. The third-order valence-electron chi connectivity index (χ3n) is 4.86. The molecule has 1 heterocycles. The Kier molecular flexibility index (Phi) is 6.73. The largest absolute Gasteiger partial charge is 0.379 e. The average Bonchev–Trinajstić information content (AvgIpc) is 2.60. The van der Waals surface area contributed by atoms with E-state index in [1.54, 1.807) is 0 Å². The monoisotopic (exact) mass is 346 g/mol. The van der Waals surface area contributed by atoms with Crippen LogP contribution in [0.25, 0.3) is 0 Å². The lowest BCUT2D eigenvalue weighted by atomic mass is 9.99. The lowest BCUT2D eigenvalue weighted by Crippen LogP contribution is -2.55. The topological polar surface area (TPSA) is 58.6 Å². The number of hydrogen-bond acceptors (Lipinski definition) is 4. The number of carbonyl (C=O) groups is 2. The molecule has 0 aliphatic carbocycles. The van der Waals surface area contributed by atoms with E-state index in [0.717, 1.165) is 43.0 Å². The van der Waals surface area contributed by atoms with Crippen LogP contribution in [0, 0.1) is 13.8 Å². The molecule has 1 amide bonds. The maximum atomic E-state index is 12.4. The van der Waals surface area contributed by atoms with Crippen LogP contribution in [0.15, 0.2) is 18.2 Å². The number of morpholine rings is 1. The molecule has 5 nitrogen and oxygen atoms in total. The fraction of sp³-hybridized carbons (Fsp3) is 0.600. The fourth-order valence-electron chi connectivity index (χ4n) is 3.08. The van der Waals surface area contributed by atoms with Gasteiger partial charge in [0.05, 0.1) is 13.2 Å². The van der Waals surface area contributed by atoms with Gasteiger partial charge in [-0.3, -0.25) is 14.5 Å². The van der Waals surface area contributed by atoms with E-state index in [9.17, 15) is 9.59 Å². The molecule has 1 aliphatic rings. The zero-order valence-electron chi connectivity index (χ0n) is 15.9. The maximum Gasteiger partial charge on any atom is 0.220 e. The highest BCUT2D eigenvalue weighted by molar-refractivity contribution is 5.99. The van der Waals surface area contributed by atoms with Crippen LogP contribution in [0.4, 0.5) is 0 Å². The summed E-state index contributed by atoms with van der Waals surface area (Å²) in [4.78, 5) is 26.9. The van der Waals surface area contributed by atoms with E-state index in [1.807, 2.05) is 32.0 Å². The van der Waals surface area contributed by atoms with Gasteiger partial charge in [0.15, 0.2) is 5.78 Å². The van der Waals surface area contributed by atoms with Crippen LogP contribution in [-0.2, 0) is 9.53 Å². The number of benzene rings is 1. The summed E-state index contributed by atoms with van der Waals surface area (Å²) >= 11 is 0. The second kappa shape index (κ2) is 8.59. The molecular formula is C20H30N2O3. The van der Waals surface area contributed by atoms with Crippen molar-refractivity contribution in [2.75, 3.05) is 32.8 Å². The molecular weight excluding hydrogens is 316 g/mol. The van der Waals surface area contributed by atoms with Crippen molar-refractivity contribution in [3.63, 3.8) is 0 Å². The van der Waals surface area contributed by atoms with Gasteiger partial charge in [-0.25, -0.2) is 0 Å². The lowest BCUT2D eigenvalue weighted by molar-refractivity contribution is -0.121. The maximum absolute atomic E-state index is 12.4. The van der Waals surface area contributed by atoms with Crippen LogP contribution >= 0.6 is 0 Å². The Morgan fingerprint density at radius 1 is 1.16 bits per heavy atom. The Hall–Kier alpha value is -1.72. The number of rotatable bonds is 7. The van der Waals surface area contributed by atoms with Gasteiger partial charge in [-0.2, -0.15) is 0 Å². The molecule has 1 saturated heterocycles. The molecule has 0 bridgehead atoms. The van der Waals surface area contributed by atoms with Crippen LogP contribution in [0.2, 0.25) is 0 Å². The van der Waals surface area contributed by atoms with Gasteiger partial charge in [0, 0.05) is 43.6 Å². The minimum Gasteiger partial charge on any atom is -0.379 e. The van der Waals surface area contributed by atoms with E-state index in [2.05, 4.69) is 24.1 Å². The van der Waals surface area contributed by atoms with Gasteiger partial charge in [-0.1, -0.05) is 17.7 Å². The number of ketones is 1. The molecule has 1 aliphatic heterocycles. The normalized spacial score (nSPS) is 15.8. The Morgan fingerprint density at radius 3 is 2.52 bits per heavy atom. The highest BCUT2D eigenvalue weighted by Gasteiger charge is 2.28. The molecule has 0 spiro atoms. The molecule has 1 fully saturated rings. The van der Waals surface area contributed by atoms with E-state index in [0.29, 0.717) is 6.54 Å². The third-order valence-corrected chi connectivity index (χ3v) is 4.86. The van der Waals surface area contributed by atoms with Crippen molar-refractivity contribution in [1.29, 1.82) is 0 Å². The predicted molar refractivity (Wildman–Crippen MR) is 99.0 cm³/mol. The molecule has 138 valence electrons. The lowest BCUT2D eigenvalue weighted by Gasteiger charge is -2.40. The third kappa shape index (κ3) is 5.65. The summed E-state index contributed by atoms with van der Waals surface area (Å²) < 4.78 is 5.38. The SMILES string of the molecule is Cc1ccc(C)c(C(=O)CCC(=O)NCC(C)(C)N2CCOCC2)c1. The molecule has 1 aromatic carbocycles. The van der Waals surface area contributed by atoms with Crippen molar-refractivity contribution in [3.8, 4) is 0 Å².